The fourth-order valence-electron chi connectivity index (χ4n) is 2.17. The fourth-order valence-corrected chi connectivity index (χ4v) is 2.17. The number of aryl methyl sites for hydroxylation is 1. The molecule has 1 heterocycles. The molecule has 0 aliphatic heterocycles. The predicted octanol–water partition coefficient (Wildman–Crippen LogP) is 2.94. The molecule has 0 aliphatic carbocycles. The number of benzene rings is 1. The first-order valence-electron chi connectivity index (χ1n) is 7.31. The summed E-state index contributed by atoms with van der Waals surface area (Å²) in [6, 6.07) is 11.9. The van der Waals surface area contributed by atoms with Gasteiger partial charge in [0.15, 0.2) is 0 Å². The number of hydrogen-bond acceptors (Lipinski definition) is 3. The van der Waals surface area contributed by atoms with E-state index in [0.29, 0.717) is 0 Å². The second-order valence-electron chi connectivity index (χ2n) is 5.36. The minimum atomic E-state index is 0.0535. The number of hydrogen-bond donors (Lipinski definition) is 1. The maximum Gasteiger partial charge on any atom is 0.250 e. The minimum Gasteiger partial charge on any atom is -0.380 e. The van der Waals surface area contributed by atoms with Gasteiger partial charge >= 0.3 is 0 Å². The quantitative estimate of drug-likeness (QED) is 0.886. The summed E-state index contributed by atoms with van der Waals surface area (Å²) in [4.78, 5) is 13.7. The van der Waals surface area contributed by atoms with Crippen LogP contribution in [0.1, 0.15) is 18.9 Å². The van der Waals surface area contributed by atoms with Crippen LogP contribution in [0.25, 0.3) is 0 Å². The van der Waals surface area contributed by atoms with Crippen molar-refractivity contribution in [2.45, 2.75) is 26.4 Å². The molecule has 21 heavy (non-hydrogen) atoms. The molecule has 0 bridgehead atoms. The molecule has 0 saturated carbocycles. The Hall–Kier alpha value is -2.23. The van der Waals surface area contributed by atoms with E-state index in [1.54, 1.807) is 10.6 Å². The number of nitrogens with one attached hydrogen (secondary N) is 1. The van der Waals surface area contributed by atoms with Crippen LogP contribution in [0.15, 0.2) is 47.4 Å². The van der Waals surface area contributed by atoms with E-state index in [-0.39, 0.29) is 5.56 Å². The van der Waals surface area contributed by atoms with Crippen LogP contribution in [-0.2, 0) is 13.1 Å². The molecule has 2 rings (SSSR count). The van der Waals surface area contributed by atoms with Gasteiger partial charge in [-0.1, -0.05) is 19.1 Å². The molecular formula is C17H23N3O. The molecule has 4 heteroatoms. The van der Waals surface area contributed by atoms with E-state index in [1.807, 2.05) is 26.4 Å². The third-order valence-electron chi connectivity index (χ3n) is 3.40. The van der Waals surface area contributed by atoms with Crippen molar-refractivity contribution in [1.29, 1.82) is 0 Å². The molecule has 112 valence electrons. The van der Waals surface area contributed by atoms with Crippen molar-refractivity contribution in [3.63, 3.8) is 0 Å². The molecule has 4 nitrogen and oxygen atoms in total. The summed E-state index contributed by atoms with van der Waals surface area (Å²) >= 11 is 0. The lowest BCUT2D eigenvalue weighted by Crippen LogP contribution is -2.18. The standard InChI is InChI=1S/C17H23N3O/c1-4-11-20-13-15(7-10-17(20)21)18-12-14-5-8-16(9-6-14)19(2)3/h5-10,13,18H,4,11-12H2,1-3H3. The number of anilines is 2. The van der Waals surface area contributed by atoms with E-state index in [0.717, 1.165) is 25.2 Å². The zero-order valence-electron chi connectivity index (χ0n) is 13.0. The van der Waals surface area contributed by atoms with Crippen LogP contribution in [0.4, 0.5) is 11.4 Å². The first kappa shape index (κ1) is 15.2. The molecule has 0 amide bonds. The summed E-state index contributed by atoms with van der Waals surface area (Å²) < 4.78 is 1.75. The van der Waals surface area contributed by atoms with Crippen LogP contribution in [-0.4, -0.2) is 18.7 Å². The Morgan fingerprint density at radius 3 is 2.43 bits per heavy atom. The summed E-state index contributed by atoms with van der Waals surface area (Å²) in [5.74, 6) is 0. The first-order valence-corrected chi connectivity index (χ1v) is 7.31. The lowest BCUT2D eigenvalue weighted by molar-refractivity contribution is 0.655. The van der Waals surface area contributed by atoms with Crippen LogP contribution < -0.4 is 15.8 Å². The van der Waals surface area contributed by atoms with Gasteiger partial charge in [0.1, 0.15) is 0 Å². The van der Waals surface area contributed by atoms with Crippen LogP contribution in [0.3, 0.4) is 0 Å². The van der Waals surface area contributed by atoms with E-state index >= 15 is 0 Å². The van der Waals surface area contributed by atoms with Crippen LogP contribution in [0.2, 0.25) is 0 Å². The molecule has 0 saturated heterocycles. The van der Waals surface area contributed by atoms with E-state index in [2.05, 4.69) is 41.4 Å². The van der Waals surface area contributed by atoms with Gasteiger partial charge in [-0.25, -0.2) is 0 Å². The molecule has 0 spiro atoms. The van der Waals surface area contributed by atoms with Gasteiger partial charge in [0.25, 0.3) is 5.56 Å². The SMILES string of the molecule is CCCn1cc(NCc2ccc(N(C)C)cc2)ccc1=O. The third kappa shape index (κ3) is 4.12. The number of nitrogens with zero attached hydrogens (tertiary/aromatic N) is 2. The topological polar surface area (TPSA) is 37.3 Å². The van der Waals surface area contributed by atoms with Gasteiger partial charge in [0.05, 0.1) is 5.69 Å². The van der Waals surface area contributed by atoms with Gasteiger partial charge in [-0.05, 0) is 30.2 Å². The Morgan fingerprint density at radius 2 is 1.81 bits per heavy atom. The highest BCUT2D eigenvalue weighted by atomic mass is 16.1. The largest absolute Gasteiger partial charge is 0.380 e. The highest BCUT2D eigenvalue weighted by Gasteiger charge is 1.99. The molecule has 2 aromatic rings. The van der Waals surface area contributed by atoms with Crippen molar-refractivity contribution in [3.05, 3.63) is 58.5 Å². The van der Waals surface area contributed by atoms with E-state index in [1.165, 1.54) is 11.3 Å². The monoisotopic (exact) mass is 285 g/mol. The molecule has 0 unspecified atom stereocenters. The maximum atomic E-state index is 11.7. The van der Waals surface area contributed by atoms with Crippen molar-refractivity contribution in [1.82, 2.24) is 4.57 Å². The average molecular weight is 285 g/mol. The number of aromatic nitrogens is 1. The first-order chi connectivity index (χ1) is 10.1. The van der Waals surface area contributed by atoms with Crippen molar-refractivity contribution < 1.29 is 0 Å². The molecule has 1 aromatic heterocycles. The average Bonchev–Trinajstić information content (AvgIpc) is 2.48. The lowest BCUT2D eigenvalue weighted by atomic mass is 10.2. The normalized spacial score (nSPS) is 10.4. The zero-order chi connectivity index (χ0) is 15.2. The molecular weight excluding hydrogens is 262 g/mol. The summed E-state index contributed by atoms with van der Waals surface area (Å²) in [5, 5.41) is 3.36. The zero-order valence-corrected chi connectivity index (χ0v) is 13.0. The fraction of sp³-hybridized carbons (Fsp3) is 0.353. The maximum absolute atomic E-state index is 11.7. The molecule has 0 radical (unpaired) electrons. The van der Waals surface area contributed by atoms with Gasteiger partial charge in [-0.3, -0.25) is 4.79 Å². The number of rotatable bonds is 6. The van der Waals surface area contributed by atoms with Gasteiger partial charge in [-0.15, -0.1) is 0 Å². The van der Waals surface area contributed by atoms with Gasteiger partial charge in [-0.2, -0.15) is 0 Å². The van der Waals surface area contributed by atoms with Gasteiger partial charge in [0, 0.05) is 45.1 Å². The van der Waals surface area contributed by atoms with Crippen molar-refractivity contribution in [2.24, 2.45) is 0 Å². The second kappa shape index (κ2) is 6.97. The van der Waals surface area contributed by atoms with Gasteiger partial charge < -0.3 is 14.8 Å². The summed E-state index contributed by atoms with van der Waals surface area (Å²) in [6.07, 6.45) is 2.84. The highest BCUT2D eigenvalue weighted by molar-refractivity contribution is 5.47. The van der Waals surface area contributed by atoms with Crippen molar-refractivity contribution in [3.8, 4) is 0 Å². The molecule has 0 atom stereocenters. The van der Waals surface area contributed by atoms with Crippen LogP contribution in [0.5, 0.6) is 0 Å². The molecule has 1 aromatic carbocycles. The Kier molecular flexibility index (Phi) is 5.04. The second-order valence-corrected chi connectivity index (χ2v) is 5.36. The Bertz CT molecular complexity index is 629. The molecule has 0 fully saturated rings. The Balaban J connectivity index is 2.02. The summed E-state index contributed by atoms with van der Waals surface area (Å²) in [7, 11) is 4.06. The predicted molar refractivity (Wildman–Crippen MR) is 89.1 cm³/mol. The number of pyridine rings is 1. The smallest absolute Gasteiger partial charge is 0.250 e. The third-order valence-corrected chi connectivity index (χ3v) is 3.40. The van der Waals surface area contributed by atoms with Crippen molar-refractivity contribution in [2.75, 3.05) is 24.3 Å². The van der Waals surface area contributed by atoms with E-state index in [9.17, 15) is 4.79 Å². The van der Waals surface area contributed by atoms with Crippen molar-refractivity contribution >= 4 is 11.4 Å². The Labute approximate surface area is 126 Å². The lowest BCUT2D eigenvalue weighted by Gasteiger charge is -2.13. The Morgan fingerprint density at radius 1 is 1.10 bits per heavy atom. The highest BCUT2D eigenvalue weighted by Crippen LogP contribution is 2.13. The molecule has 0 aliphatic rings. The van der Waals surface area contributed by atoms with Crippen LogP contribution in [0, 0.1) is 0 Å². The van der Waals surface area contributed by atoms with E-state index in [4.69, 9.17) is 0 Å². The molecule has 1 N–H and O–H groups in total. The summed E-state index contributed by atoms with van der Waals surface area (Å²) in [6.45, 7) is 3.57. The van der Waals surface area contributed by atoms with E-state index < -0.39 is 0 Å². The van der Waals surface area contributed by atoms with Crippen LogP contribution >= 0.6 is 0 Å². The minimum absolute atomic E-state index is 0.0535. The van der Waals surface area contributed by atoms with Gasteiger partial charge in [0.2, 0.25) is 0 Å². The summed E-state index contributed by atoms with van der Waals surface area (Å²) in [5.41, 5.74) is 3.43.